The van der Waals surface area contributed by atoms with Crippen LogP contribution < -0.4 is 4.74 Å². The van der Waals surface area contributed by atoms with Crippen LogP contribution in [0, 0.1) is 0 Å². The van der Waals surface area contributed by atoms with E-state index in [2.05, 4.69) is 0 Å². The van der Waals surface area contributed by atoms with Crippen LogP contribution in [-0.4, -0.2) is 53.7 Å². The molecule has 1 aliphatic rings. The van der Waals surface area contributed by atoms with E-state index in [1.54, 1.807) is 25.1 Å². The highest BCUT2D eigenvalue weighted by Gasteiger charge is 2.42. The zero-order valence-electron chi connectivity index (χ0n) is 17.4. The van der Waals surface area contributed by atoms with Gasteiger partial charge in [-0.15, -0.1) is 0 Å². The van der Waals surface area contributed by atoms with Crippen LogP contribution >= 0.6 is 0 Å². The Balaban J connectivity index is 2.02. The number of hydrogen-bond acceptors (Lipinski definition) is 6. The minimum absolute atomic E-state index is 0.0265. The maximum Gasteiger partial charge on any atom is 0.290 e. The largest absolute Gasteiger partial charge is 0.504 e. The Hall–Kier alpha value is -3.58. The van der Waals surface area contributed by atoms with Gasteiger partial charge in [-0.05, 0) is 36.3 Å². The lowest BCUT2D eigenvalue weighted by Gasteiger charge is -2.26. The zero-order valence-corrected chi connectivity index (χ0v) is 17.4. The van der Waals surface area contributed by atoms with Crippen molar-refractivity contribution in [1.29, 1.82) is 0 Å². The van der Waals surface area contributed by atoms with Crippen molar-refractivity contribution in [1.82, 2.24) is 4.90 Å². The molecule has 1 atom stereocenters. The van der Waals surface area contributed by atoms with Gasteiger partial charge in [0.1, 0.15) is 0 Å². The smallest absolute Gasteiger partial charge is 0.290 e. The third-order valence-corrected chi connectivity index (χ3v) is 4.93. The second-order valence-corrected chi connectivity index (χ2v) is 6.92. The predicted molar refractivity (Wildman–Crippen MR) is 116 cm³/mol. The van der Waals surface area contributed by atoms with Gasteiger partial charge in [-0.25, -0.2) is 0 Å². The Kier molecular flexibility index (Phi) is 7.10. The van der Waals surface area contributed by atoms with Gasteiger partial charge >= 0.3 is 0 Å². The molecule has 1 aliphatic heterocycles. The second-order valence-electron chi connectivity index (χ2n) is 6.92. The summed E-state index contributed by atoms with van der Waals surface area (Å²) in [6.45, 7) is 2.52. The Morgan fingerprint density at radius 3 is 2.58 bits per heavy atom. The van der Waals surface area contributed by atoms with Crippen molar-refractivity contribution in [3.8, 4) is 11.5 Å². The van der Waals surface area contributed by atoms with Crippen LogP contribution in [0.5, 0.6) is 11.5 Å². The van der Waals surface area contributed by atoms with Gasteiger partial charge in [0.15, 0.2) is 23.0 Å². The van der Waals surface area contributed by atoms with E-state index in [-0.39, 0.29) is 30.2 Å². The predicted octanol–water partition coefficient (Wildman–Crippen LogP) is 3.42. The average molecular weight is 423 g/mol. The van der Waals surface area contributed by atoms with Crippen molar-refractivity contribution in [3.05, 3.63) is 77.1 Å². The summed E-state index contributed by atoms with van der Waals surface area (Å²) in [7, 11) is 1.51. The number of methoxy groups -OCH3 is 1. The quantitative estimate of drug-likeness (QED) is 0.600. The molecule has 31 heavy (non-hydrogen) atoms. The highest BCUT2D eigenvalue weighted by atomic mass is 16.5. The van der Waals surface area contributed by atoms with E-state index < -0.39 is 23.5 Å². The summed E-state index contributed by atoms with van der Waals surface area (Å²) in [5.41, 5.74) is 1.32. The van der Waals surface area contributed by atoms with Crippen LogP contribution in [-0.2, 0) is 14.3 Å². The number of aromatic hydroxyl groups is 1. The molecule has 0 radical (unpaired) electrons. The number of carbonyl (C=O) groups is 2. The Labute approximate surface area is 180 Å². The van der Waals surface area contributed by atoms with Crippen molar-refractivity contribution >= 4 is 17.8 Å². The highest BCUT2D eigenvalue weighted by Crippen LogP contribution is 2.40. The lowest BCUT2D eigenvalue weighted by Crippen LogP contribution is -2.33. The summed E-state index contributed by atoms with van der Waals surface area (Å²) in [5, 5.41) is 20.6. The zero-order chi connectivity index (χ0) is 22.4. The number of hydrogen-bond donors (Lipinski definition) is 2. The third kappa shape index (κ3) is 4.78. The molecule has 2 N–H and O–H groups in total. The van der Waals surface area contributed by atoms with Gasteiger partial charge in [-0.2, -0.15) is 0 Å². The Bertz CT molecular complexity index is 1010. The summed E-state index contributed by atoms with van der Waals surface area (Å²) >= 11 is 0. The Morgan fingerprint density at radius 1 is 1.16 bits per heavy atom. The normalized spacial score (nSPS) is 16.4. The fourth-order valence-corrected chi connectivity index (χ4v) is 3.47. The number of amides is 1. The fraction of sp³-hybridized carbons (Fsp3) is 0.250. The number of benzene rings is 2. The van der Waals surface area contributed by atoms with Crippen LogP contribution in [0.4, 0.5) is 0 Å². The minimum Gasteiger partial charge on any atom is -0.504 e. The molecule has 0 saturated heterocycles. The molecule has 0 fully saturated rings. The van der Waals surface area contributed by atoms with Gasteiger partial charge in [-0.1, -0.05) is 42.5 Å². The molecule has 1 amide bonds. The molecule has 0 aliphatic carbocycles. The van der Waals surface area contributed by atoms with E-state index in [0.717, 1.165) is 5.56 Å². The highest BCUT2D eigenvalue weighted by molar-refractivity contribution is 6.14. The third-order valence-electron chi connectivity index (χ3n) is 4.93. The van der Waals surface area contributed by atoms with Crippen LogP contribution in [0.25, 0.3) is 6.08 Å². The standard InChI is InChI=1S/C24H25NO6/c1-3-31-20-15-17(10-12-18(20)26)22-21(23(28)24(29)25(22)13-14-30-2)19(27)11-9-16-7-5-4-6-8-16/h4-12,15,22,26,28H,3,13-14H2,1-2H3/b11-9+. The number of aliphatic hydroxyl groups excluding tert-OH is 1. The van der Waals surface area contributed by atoms with Gasteiger partial charge in [0.25, 0.3) is 5.91 Å². The van der Waals surface area contributed by atoms with Crippen LogP contribution in [0.1, 0.15) is 24.1 Å². The SMILES string of the molecule is CCOc1cc(C2C(C(=O)/C=C/c3ccccc3)=C(O)C(=O)N2CCOC)ccc1O. The molecule has 2 aromatic rings. The van der Waals surface area contributed by atoms with Crippen LogP contribution in [0.3, 0.4) is 0 Å². The van der Waals surface area contributed by atoms with Crippen molar-refractivity contribution in [2.24, 2.45) is 0 Å². The van der Waals surface area contributed by atoms with E-state index in [1.807, 2.05) is 30.3 Å². The minimum atomic E-state index is -0.838. The second kappa shape index (κ2) is 9.95. The number of aliphatic hydroxyl groups is 1. The number of phenolic OH excluding ortho intramolecular Hbond substituents is 1. The molecule has 162 valence electrons. The number of ketones is 1. The maximum atomic E-state index is 13.1. The van der Waals surface area contributed by atoms with Gasteiger partial charge in [0.2, 0.25) is 0 Å². The van der Waals surface area contributed by atoms with Gasteiger partial charge in [0, 0.05) is 13.7 Å². The van der Waals surface area contributed by atoms with Gasteiger partial charge < -0.3 is 24.6 Å². The first-order chi connectivity index (χ1) is 15.0. The van der Waals surface area contributed by atoms with Crippen LogP contribution in [0.2, 0.25) is 0 Å². The lowest BCUT2D eigenvalue weighted by atomic mass is 9.95. The first-order valence-electron chi connectivity index (χ1n) is 9.94. The molecular weight excluding hydrogens is 398 g/mol. The van der Waals surface area contributed by atoms with E-state index in [9.17, 15) is 19.8 Å². The van der Waals surface area contributed by atoms with E-state index >= 15 is 0 Å². The monoisotopic (exact) mass is 423 g/mol. The number of ether oxygens (including phenoxy) is 2. The van der Waals surface area contributed by atoms with Crippen molar-refractivity contribution < 1.29 is 29.3 Å². The van der Waals surface area contributed by atoms with Crippen molar-refractivity contribution in [3.63, 3.8) is 0 Å². The molecule has 7 heteroatoms. The molecule has 0 saturated carbocycles. The van der Waals surface area contributed by atoms with Crippen molar-refractivity contribution in [2.45, 2.75) is 13.0 Å². The molecule has 0 aromatic heterocycles. The Morgan fingerprint density at radius 2 is 1.90 bits per heavy atom. The van der Waals surface area contributed by atoms with Crippen molar-refractivity contribution in [2.75, 3.05) is 26.9 Å². The summed E-state index contributed by atoms with van der Waals surface area (Å²) < 4.78 is 10.5. The number of phenols is 1. The van der Waals surface area contributed by atoms with E-state index in [4.69, 9.17) is 9.47 Å². The summed E-state index contributed by atoms with van der Waals surface area (Å²) in [5.74, 6) is -1.54. The molecular formula is C24H25NO6. The number of rotatable bonds is 9. The molecule has 3 rings (SSSR count). The van der Waals surface area contributed by atoms with Gasteiger partial charge in [-0.3, -0.25) is 9.59 Å². The first-order valence-corrected chi connectivity index (χ1v) is 9.94. The lowest BCUT2D eigenvalue weighted by molar-refractivity contribution is -0.130. The molecule has 0 spiro atoms. The van der Waals surface area contributed by atoms with Gasteiger partial charge in [0.05, 0.1) is 24.8 Å². The number of allylic oxidation sites excluding steroid dienone is 1. The molecule has 7 nitrogen and oxygen atoms in total. The summed E-state index contributed by atoms with van der Waals surface area (Å²) in [6.07, 6.45) is 2.97. The number of nitrogens with zero attached hydrogens (tertiary/aromatic N) is 1. The average Bonchev–Trinajstić information content (AvgIpc) is 3.03. The van der Waals surface area contributed by atoms with E-state index in [0.29, 0.717) is 12.2 Å². The molecule has 2 aromatic carbocycles. The summed E-state index contributed by atoms with van der Waals surface area (Å²) in [6, 6.07) is 13.0. The molecule has 1 heterocycles. The molecule has 0 bridgehead atoms. The molecule has 1 unspecified atom stereocenters. The van der Waals surface area contributed by atoms with Crippen LogP contribution in [0.15, 0.2) is 65.9 Å². The maximum absolute atomic E-state index is 13.1. The first kappa shape index (κ1) is 22.1. The topological polar surface area (TPSA) is 96.3 Å². The fourth-order valence-electron chi connectivity index (χ4n) is 3.47. The number of carbonyl (C=O) groups excluding carboxylic acids is 2. The van der Waals surface area contributed by atoms with E-state index in [1.165, 1.54) is 24.2 Å². The summed E-state index contributed by atoms with van der Waals surface area (Å²) in [4.78, 5) is 27.2.